The quantitative estimate of drug-likeness (QED) is 0.882. The number of nitrogens with one attached hydrogen (secondary N) is 1. The van der Waals surface area contributed by atoms with Crippen LogP contribution in [0.3, 0.4) is 0 Å². The average Bonchev–Trinajstić information content (AvgIpc) is 3.16. The topological polar surface area (TPSA) is 88.2 Å². The Morgan fingerprint density at radius 3 is 3.19 bits per heavy atom. The van der Waals surface area contributed by atoms with Crippen molar-refractivity contribution >= 4 is 17.3 Å². The van der Waals surface area contributed by atoms with Crippen LogP contribution in [0.4, 0.5) is 0 Å². The van der Waals surface area contributed by atoms with Crippen molar-refractivity contribution in [3.63, 3.8) is 0 Å². The van der Waals surface area contributed by atoms with Gasteiger partial charge in [0.2, 0.25) is 11.7 Å². The molecule has 3 rings (SSSR count). The number of thiophene rings is 1. The van der Waals surface area contributed by atoms with Gasteiger partial charge in [0.25, 0.3) is 0 Å². The van der Waals surface area contributed by atoms with E-state index in [-0.39, 0.29) is 12.0 Å². The van der Waals surface area contributed by atoms with Crippen molar-refractivity contribution in [1.29, 1.82) is 0 Å². The third-order valence-corrected chi connectivity index (χ3v) is 4.50. The first-order chi connectivity index (χ1) is 10.2. The average molecular weight is 307 g/mol. The molecule has 0 saturated heterocycles. The largest absolute Gasteiger partial charge is 0.481 e. The fraction of sp³-hybridized carbons (Fsp3) is 0.500. The van der Waals surface area contributed by atoms with Crippen molar-refractivity contribution in [2.24, 2.45) is 5.92 Å². The van der Waals surface area contributed by atoms with E-state index in [2.05, 4.69) is 15.5 Å². The van der Waals surface area contributed by atoms with Gasteiger partial charge in [-0.25, -0.2) is 0 Å². The Balaban J connectivity index is 1.54. The highest BCUT2D eigenvalue weighted by Crippen LogP contribution is 2.25. The highest BCUT2D eigenvalue weighted by molar-refractivity contribution is 7.08. The molecule has 2 N–H and O–H groups in total. The van der Waals surface area contributed by atoms with E-state index in [1.807, 2.05) is 16.8 Å². The molecule has 2 heterocycles. The van der Waals surface area contributed by atoms with Crippen molar-refractivity contribution in [1.82, 2.24) is 15.5 Å². The molecule has 1 saturated carbocycles. The van der Waals surface area contributed by atoms with Gasteiger partial charge in [-0.3, -0.25) is 4.79 Å². The Kier molecular flexibility index (Phi) is 4.31. The molecule has 2 aromatic heterocycles. The standard InChI is InChI=1S/C14H17N3O3S/c18-14(19)9-2-1-3-11(6-9)15-7-12-16-13(17-20-12)10-4-5-21-8-10/h4-5,8-9,11,15H,1-3,6-7H2,(H,18,19). The summed E-state index contributed by atoms with van der Waals surface area (Å²) in [5.41, 5.74) is 0.957. The van der Waals surface area contributed by atoms with Gasteiger partial charge in [-0.1, -0.05) is 11.6 Å². The minimum atomic E-state index is -0.695. The van der Waals surface area contributed by atoms with Gasteiger partial charge in [0.05, 0.1) is 12.5 Å². The lowest BCUT2D eigenvalue weighted by molar-refractivity contribution is -0.143. The summed E-state index contributed by atoms with van der Waals surface area (Å²) in [5.74, 6) is 0.202. The second-order valence-electron chi connectivity index (χ2n) is 5.30. The monoisotopic (exact) mass is 307 g/mol. The summed E-state index contributed by atoms with van der Waals surface area (Å²) in [5, 5.41) is 20.3. The molecule has 2 unspecified atom stereocenters. The summed E-state index contributed by atoms with van der Waals surface area (Å²) in [7, 11) is 0. The first kappa shape index (κ1) is 14.2. The lowest BCUT2D eigenvalue weighted by Gasteiger charge is -2.26. The zero-order valence-corrected chi connectivity index (χ0v) is 12.3. The Labute approximate surface area is 126 Å². The van der Waals surface area contributed by atoms with Gasteiger partial charge in [0.15, 0.2) is 0 Å². The molecular weight excluding hydrogens is 290 g/mol. The van der Waals surface area contributed by atoms with Crippen LogP contribution in [0.5, 0.6) is 0 Å². The zero-order chi connectivity index (χ0) is 14.7. The maximum absolute atomic E-state index is 11.0. The van der Waals surface area contributed by atoms with Crippen molar-refractivity contribution < 1.29 is 14.4 Å². The van der Waals surface area contributed by atoms with Gasteiger partial charge >= 0.3 is 5.97 Å². The van der Waals surface area contributed by atoms with E-state index < -0.39 is 5.97 Å². The molecule has 0 aromatic carbocycles. The number of hydrogen-bond acceptors (Lipinski definition) is 6. The highest BCUT2D eigenvalue weighted by atomic mass is 32.1. The van der Waals surface area contributed by atoms with Crippen molar-refractivity contribution in [2.75, 3.05) is 0 Å². The van der Waals surface area contributed by atoms with Gasteiger partial charge < -0.3 is 14.9 Å². The van der Waals surface area contributed by atoms with E-state index in [9.17, 15) is 4.79 Å². The van der Waals surface area contributed by atoms with E-state index in [0.717, 1.165) is 24.8 Å². The molecule has 1 aliphatic rings. The number of nitrogens with zero attached hydrogens (tertiary/aromatic N) is 2. The van der Waals surface area contributed by atoms with Crippen LogP contribution in [0.1, 0.15) is 31.6 Å². The van der Waals surface area contributed by atoms with E-state index >= 15 is 0 Å². The second-order valence-corrected chi connectivity index (χ2v) is 6.08. The van der Waals surface area contributed by atoms with E-state index in [4.69, 9.17) is 9.63 Å². The Hall–Kier alpha value is -1.73. The van der Waals surface area contributed by atoms with Gasteiger partial charge in [0, 0.05) is 17.0 Å². The Morgan fingerprint density at radius 1 is 1.52 bits per heavy atom. The first-order valence-corrected chi connectivity index (χ1v) is 7.98. The molecule has 112 valence electrons. The summed E-state index contributed by atoms with van der Waals surface area (Å²) in [4.78, 5) is 15.4. The Morgan fingerprint density at radius 2 is 2.43 bits per heavy atom. The number of aliphatic carboxylic acids is 1. The number of carboxylic acid groups (broad SMARTS) is 1. The minimum Gasteiger partial charge on any atom is -0.481 e. The number of aromatic nitrogens is 2. The van der Waals surface area contributed by atoms with E-state index in [1.54, 1.807) is 11.3 Å². The van der Waals surface area contributed by atoms with Crippen LogP contribution in [0, 0.1) is 5.92 Å². The molecular formula is C14H17N3O3S. The van der Waals surface area contributed by atoms with Crippen LogP contribution in [0.15, 0.2) is 21.3 Å². The maximum Gasteiger partial charge on any atom is 0.306 e. The summed E-state index contributed by atoms with van der Waals surface area (Å²) >= 11 is 1.59. The smallest absolute Gasteiger partial charge is 0.306 e. The SMILES string of the molecule is O=C(O)C1CCCC(NCc2nc(-c3ccsc3)no2)C1. The highest BCUT2D eigenvalue weighted by Gasteiger charge is 2.26. The number of hydrogen-bond donors (Lipinski definition) is 2. The summed E-state index contributed by atoms with van der Waals surface area (Å²) in [6, 6.07) is 2.15. The normalized spacial score (nSPS) is 22.3. The maximum atomic E-state index is 11.0. The summed E-state index contributed by atoms with van der Waals surface area (Å²) in [6.07, 6.45) is 3.38. The van der Waals surface area contributed by atoms with E-state index in [0.29, 0.717) is 24.7 Å². The van der Waals surface area contributed by atoms with Gasteiger partial charge in [-0.15, -0.1) is 0 Å². The minimum absolute atomic E-state index is 0.205. The third-order valence-electron chi connectivity index (χ3n) is 3.81. The van der Waals surface area contributed by atoms with Gasteiger partial charge in [-0.2, -0.15) is 16.3 Å². The fourth-order valence-corrected chi connectivity index (χ4v) is 3.30. The van der Waals surface area contributed by atoms with Crippen LogP contribution >= 0.6 is 11.3 Å². The third kappa shape index (κ3) is 3.48. The van der Waals surface area contributed by atoms with Crippen LogP contribution in [-0.2, 0) is 11.3 Å². The first-order valence-electron chi connectivity index (χ1n) is 7.03. The van der Waals surface area contributed by atoms with Crippen LogP contribution in [0.25, 0.3) is 11.4 Å². The van der Waals surface area contributed by atoms with Crippen LogP contribution in [-0.4, -0.2) is 27.3 Å². The molecule has 0 spiro atoms. The molecule has 0 bridgehead atoms. The number of rotatable bonds is 5. The van der Waals surface area contributed by atoms with Crippen molar-refractivity contribution in [2.45, 2.75) is 38.3 Å². The summed E-state index contributed by atoms with van der Waals surface area (Å²) < 4.78 is 5.22. The van der Waals surface area contributed by atoms with Crippen molar-refractivity contribution in [3.05, 3.63) is 22.7 Å². The van der Waals surface area contributed by atoms with Crippen molar-refractivity contribution in [3.8, 4) is 11.4 Å². The molecule has 0 radical (unpaired) electrons. The second kappa shape index (κ2) is 6.36. The predicted molar refractivity (Wildman–Crippen MR) is 77.8 cm³/mol. The van der Waals surface area contributed by atoms with Gasteiger partial charge in [-0.05, 0) is 30.7 Å². The molecule has 6 nitrogen and oxygen atoms in total. The molecule has 1 fully saturated rings. The Bertz CT molecular complexity index is 596. The van der Waals surface area contributed by atoms with Gasteiger partial charge in [0.1, 0.15) is 0 Å². The molecule has 21 heavy (non-hydrogen) atoms. The molecule has 0 amide bonds. The molecule has 7 heteroatoms. The lowest BCUT2D eigenvalue weighted by Crippen LogP contribution is -2.36. The molecule has 2 atom stereocenters. The fourth-order valence-electron chi connectivity index (χ4n) is 2.67. The number of carboxylic acids is 1. The van der Waals surface area contributed by atoms with Crippen LogP contribution < -0.4 is 5.32 Å². The number of carbonyl (C=O) groups is 1. The lowest BCUT2D eigenvalue weighted by atomic mass is 9.86. The molecule has 2 aromatic rings. The van der Waals surface area contributed by atoms with Crippen LogP contribution in [0.2, 0.25) is 0 Å². The zero-order valence-electron chi connectivity index (χ0n) is 11.5. The molecule has 1 aliphatic carbocycles. The summed E-state index contributed by atoms with van der Waals surface area (Å²) in [6.45, 7) is 0.480. The predicted octanol–water partition coefficient (Wildman–Crippen LogP) is 2.53. The van der Waals surface area contributed by atoms with E-state index in [1.165, 1.54) is 0 Å². The molecule has 0 aliphatic heterocycles.